The summed E-state index contributed by atoms with van der Waals surface area (Å²) in [4.78, 5) is 11.5. The Morgan fingerprint density at radius 1 is 1.20 bits per heavy atom. The van der Waals surface area contributed by atoms with E-state index in [2.05, 4.69) is 41.8 Å². The molecule has 1 aliphatic rings. The Labute approximate surface area is 178 Å². The molecule has 1 atom stereocenters. The number of nitrogens with zero attached hydrogens (tertiary/aromatic N) is 1. The lowest BCUT2D eigenvalue weighted by molar-refractivity contribution is -0.141. The maximum Gasteiger partial charge on any atom is 0.302 e. The number of hydrogen-bond donors (Lipinski definition) is 2. The summed E-state index contributed by atoms with van der Waals surface area (Å²) in [6.45, 7) is 5.34. The van der Waals surface area contributed by atoms with Gasteiger partial charge >= 0.3 is 5.97 Å². The first-order valence-corrected chi connectivity index (χ1v) is 10.5. The average molecular weight is 408 g/mol. The number of rotatable bonds is 8. The quantitative estimate of drug-likeness (QED) is 0.630. The average Bonchev–Trinajstić information content (AvgIpc) is 2.77. The van der Waals surface area contributed by atoms with Crippen LogP contribution < -0.4 is 10.6 Å². The summed E-state index contributed by atoms with van der Waals surface area (Å²) in [7, 11) is 0. The third-order valence-electron chi connectivity index (χ3n) is 5.23. The van der Waals surface area contributed by atoms with Crippen molar-refractivity contribution >= 4 is 17.3 Å². The van der Waals surface area contributed by atoms with Crippen LogP contribution in [0, 0.1) is 11.3 Å². The van der Waals surface area contributed by atoms with E-state index in [9.17, 15) is 4.79 Å². The van der Waals surface area contributed by atoms with E-state index in [4.69, 9.17) is 14.7 Å². The Morgan fingerprint density at radius 3 is 2.57 bits per heavy atom. The minimum absolute atomic E-state index is 0.205. The number of carbonyl (C=O) groups is 1. The van der Waals surface area contributed by atoms with Crippen molar-refractivity contribution in [3.8, 4) is 6.07 Å². The molecule has 1 heterocycles. The Hall–Kier alpha value is -3.04. The number of nitrogens with one attached hydrogen (secondary N) is 2. The molecular weight excluding hydrogens is 378 g/mol. The van der Waals surface area contributed by atoms with Crippen LogP contribution in [0.2, 0.25) is 0 Å². The fourth-order valence-corrected chi connectivity index (χ4v) is 3.55. The summed E-state index contributed by atoms with van der Waals surface area (Å²) >= 11 is 0. The highest BCUT2D eigenvalue weighted by atomic mass is 16.5. The summed E-state index contributed by atoms with van der Waals surface area (Å²) in [5.41, 5.74) is 4.82. The lowest BCUT2D eigenvalue weighted by Gasteiger charge is -2.26. The van der Waals surface area contributed by atoms with Gasteiger partial charge in [0.1, 0.15) is 6.61 Å². The molecule has 0 bridgehead atoms. The summed E-state index contributed by atoms with van der Waals surface area (Å²) < 4.78 is 10.8. The predicted molar refractivity (Wildman–Crippen MR) is 117 cm³/mol. The van der Waals surface area contributed by atoms with Crippen LogP contribution in [0.1, 0.15) is 49.4 Å². The third-order valence-corrected chi connectivity index (χ3v) is 5.23. The molecule has 1 saturated heterocycles. The number of ether oxygens (including phenoxy) is 2. The van der Waals surface area contributed by atoms with E-state index in [-0.39, 0.29) is 18.6 Å². The van der Waals surface area contributed by atoms with Gasteiger partial charge in [0.15, 0.2) is 0 Å². The van der Waals surface area contributed by atoms with Crippen LogP contribution in [-0.4, -0.2) is 31.8 Å². The molecule has 6 nitrogen and oxygen atoms in total. The Morgan fingerprint density at radius 2 is 1.93 bits per heavy atom. The zero-order chi connectivity index (χ0) is 21.3. The van der Waals surface area contributed by atoms with Crippen molar-refractivity contribution in [2.24, 2.45) is 0 Å². The van der Waals surface area contributed by atoms with Gasteiger partial charge in [-0.1, -0.05) is 13.0 Å². The Bertz CT molecular complexity index is 884. The van der Waals surface area contributed by atoms with Crippen molar-refractivity contribution in [3.63, 3.8) is 0 Å². The molecule has 0 saturated carbocycles. The second kappa shape index (κ2) is 10.7. The topological polar surface area (TPSA) is 83.4 Å². The van der Waals surface area contributed by atoms with Gasteiger partial charge in [-0.05, 0) is 66.8 Å². The van der Waals surface area contributed by atoms with Crippen LogP contribution in [0.4, 0.5) is 11.4 Å². The minimum Gasteiger partial charge on any atom is -0.463 e. The maximum absolute atomic E-state index is 11.5. The summed E-state index contributed by atoms with van der Waals surface area (Å²) in [5, 5.41) is 16.1. The summed E-state index contributed by atoms with van der Waals surface area (Å²) in [5.74, 6) is -0.311. The molecular formula is C24H29N3O3. The van der Waals surface area contributed by atoms with Crippen molar-refractivity contribution in [3.05, 3.63) is 59.2 Å². The molecule has 2 aromatic rings. The van der Waals surface area contributed by atoms with Gasteiger partial charge in [-0.25, -0.2) is 0 Å². The van der Waals surface area contributed by atoms with Crippen molar-refractivity contribution in [1.29, 1.82) is 5.26 Å². The summed E-state index contributed by atoms with van der Waals surface area (Å²) in [6, 6.07) is 16.1. The van der Waals surface area contributed by atoms with Gasteiger partial charge in [-0.3, -0.25) is 4.79 Å². The van der Waals surface area contributed by atoms with E-state index in [0.29, 0.717) is 11.6 Å². The first kappa shape index (κ1) is 21.7. The standard InChI is InChI=1S/C24H29N3O3/c1-3-18-12-20(14-23(13-18)26-22-8-10-29-11-9-22)24(16-30-17(2)28)27-21-6-4-19(15-25)5-7-21/h4-7,12-14,22,24,26-27H,3,8-11,16H2,1-2H3. The number of esters is 1. The van der Waals surface area contributed by atoms with Crippen LogP contribution in [0.5, 0.6) is 0 Å². The smallest absolute Gasteiger partial charge is 0.302 e. The fraction of sp³-hybridized carbons (Fsp3) is 0.417. The SMILES string of the molecule is CCc1cc(NC2CCOCC2)cc(C(COC(C)=O)Nc2ccc(C#N)cc2)c1. The van der Waals surface area contributed by atoms with Gasteiger partial charge < -0.3 is 20.1 Å². The number of hydrogen-bond acceptors (Lipinski definition) is 6. The van der Waals surface area contributed by atoms with Crippen LogP contribution in [0.25, 0.3) is 0 Å². The Kier molecular flexibility index (Phi) is 7.69. The van der Waals surface area contributed by atoms with Gasteiger partial charge in [0.05, 0.1) is 17.7 Å². The highest BCUT2D eigenvalue weighted by molar-refractivity contribution is 5.66. The van der Waals surface area contributed by atoms with Gasteiger partial charge in [0.25, 0.3) is 0 Å². The number of anilines is 2. The van der Waals surface area contributed by atoms with Crippen LogP contribution in [-0.2, 0) is 20.7 Å². The molecule has 1 fully saturated rings. The van der Waals surface area contributed by atoms with Crippen LogP contribution in [0.15, 0.2) is 42.5 Å². The second-order valence-electron chi connectivity index (χ2n) is 7.54. The zero-order valence-corrected chi connectivity index (χ0v) is 17.6. The lowest BCUT2D eigenvalue weighted by Crippen LogP contribution is -2.28. The van der Waals surface area contributed by atoms with Crippen molar-refractivity contribution in [2.75, 3.05) is 30.5 Å². The Balaban J connectivity index is 1.84. The minimum atomic E-state index is -0.311. The van der Waals surface area contributed by atoms with E-state index in [1.807, 2.05) is 12.1 Å². The molecule has 3 rings (SSSR count). The van der Waals surface area contributed by atoms with Gasteiger partial charge in [-0.15, -0.1) is 0 Å². The van der Waals surface area contributed by atoms with E-state index < -0.39 is 0 Å². The summed E-state index contributed by atoms with van der Waals surface area (Å²) in [6.07, 6.45) is 2.89. The largest absolute Gasteiger partial charge is 0.463 e. The van der Waals surface area contributed by atoms with Crippen molar-refractivity contribution in [1.82, 2.24) is 0 Å². The first-order valence-electron chi connectivity index (χ1n) is 10.5. The molecule has 6 heteroatoms. The van der Waals surface area contributed by atoms with E-state index >= 15 is 0 Å². The van der Waals surface area contributed by atoms with Crippen molar-refractivity contribution in [2.45, 2.75) is 45.2 Å². The number of carbonyl (C=O) groups excluding carboxylic acids is 1. The van der Waals surface area contributed by atoms with Crippen LogP contribution in [0.3, 0.4) is 0 Å². The molecule has 1 aliphatic heterocycles. The number of aryl methyl sites for hydroxylation is 1. The zero-order valence-electron chi connectivity index (χ0n) is 17.6. The monoisotopic (exact) mass is 407 g/mol. The number of nitriles is 1. The third kappa shape index (κ3) is 6.23. The molecule has 0 spiro atoms. The molecule has 0 aromatic heterocycles. The van der Waals surface area contributed by atoms with Gasteiger partial charge in [0.2, 0.25) is 0 Å². The molecule has 1 unspecified atom stereocenters. The van der Waals surface area contributed by atoms with Crippen molar-refractivity contribution < 1.29 is 14.3 Å². The highest BCUT2D eigenvalue weighted by Gasteiger charge is 2.18. The molecule has 158 valence electrons. The van der Waals surface area contributed by atoms with E-state index in [0.717, 1.165) is 49.4 Å². The molecule has 0 aliphatic carbocycles. The molecule has 2 aromatic carbocycles. The number of benzene rings is 2. The normalized spacial score (nSPS) is 15.1. The molecule has 0 amide bonds. The lowest BCUT2D eigenvalue weighted by atomic mass is 10.00. The molecule has 2 N–H and O–H groups in total. The highest BCUT2D eigenvalue weighted by Crippen LogP contribution is 2.26. The predicted octanol–water partition coefficient (Wildman–Crippen LogP) is 4.43. The molecule has 30 heavy (non-hydrogen) atoms. The van der Waals surface area contributed by atoms with Crippen LogP contribution >= 0.6 is 0 Å². The van der Waals surface area contributed by atoms with Gasteiger partial charge in [0, 0.05) is 37.6 Å². The first-order chi connectivity index (χ1) is 14.6. The van der Waals surface area contributed by atoms with E-state index in [1.165, 1.54) is 12.5 Å². The van der Waals surface area contributed by atoms with E-state index in [1.54, 1.807) is 12.1 Å². The molecule has 0 radical (unpaired) electrons. The van der Waals surface area contributed by atoms with Gasteiger partial charge in [-0.2, -0.15) is 5.26 Å². The second-order valence-corrected chi connectivity index (χ2v) is 7.54. The maximum atomic E-state index is 11.5. The fourth-order valence-electron chi connectivity index (χ4n) is 3.55.